The first-order valence-electron chi connectivity index (χ1n) is 7.13. The van der Waals surface area contributed by atoms with Crippen molar-refractivity contribution >= 4 is 17.4 Å². The van der Waals surface area contributed by atoms with Crippen molar-refractivity contribution in [3.63, 3.8) is 0 Å². The van der Waals surface area contributed by atoms with E-state index in [0.29, 0.717) is 12.1 Å². The number of nitro groups is 1. The molecule has 1 rings (SSSR count). The van der Waals surface area contributed by atoms with Crippen LogP contribution in [0.3, 0.4) is 0 Å². The molecule has 0 radical (unpaired) electrons. The van der Waals surface area contributed by atoms with Gasteiger partial charge in [0.25, 0.3) is 5.69 Å². The number of hydrogen-bond acceptors (Lipinski definition) is 5. The van der Waals surface area contributed by atoms with Gasteiger partial charge in [-0.2, -0.15) is 0 Å². The second kappa shape index (κ2) is 7.77. The number of urea groups is 1. The summed E-state index contributed by atoms with van der Waals surface area (Å²) in [5.41, 5.74) is -0.102. The summed E-state index contributed by atoms with van der Waals surface area (Å²) in [7, 11) is 3.00. The first-order valence-corrected chi connectivity index (χ1v) is 7.13. The second-order valence-electron chi connectivity index (χ2n) is 5.81. The molecule has 8 nitrogen and oxygen atoms in total. The van der Waals surface area contributed by atoms with E-state index in [1.165, 1.54) is 25.3 Å². The average Bonchev–Trinajstić information content (AvgIpc) is 2.46. The standard InChI is InChI=1S/C15H23N3O5/c1-10(9-15(2,3)23-5)16-14(19)17-12-7-6-11(18(20)21)8-13(12)22-4/h6-8,10H,9H2,1-5H3,(H2,16,17,19)/t10-/m0/s1. The highest BCUT2D eigenvalue weighted by Gasteiger charge is 2.21. The lowest BCUT2D eigenvalue weighted by Gasteiger charge is -2.27. The number of nitrogens with one attached hydrogen (secondary N) is 2. The van der Waals surface area contributed by atoms with Crippen molar-refractivity contribution in [1.29, 1.82) is 0 Å². The van der Waals surface area contributed by atoms with Crippen molar-refractivity contribution in [2.45, 2.75) is 38.8 Å². The molecule has 0 spiro atoms. The molecular formula is C15H23N3O5. The highest BCUT2D eigenvalue weighted by Crippen LogP contribution is 2.28. The highest BCUT2D eigenvalue weighted by molar-refractivity contribution is 5.91. The number of methoxy groups -OCH3 is 2. The molecule has 8 heteroatoms. The van der Waals surface area contributed by atoms with Crippen LogP contribution in [0.25, 0.3) is 0 Å². The van der Waals surface area contributed by atoms with Gasteiger partial charge in [-0.15, -0.1) is 0 Å². The summed E-state index contributed by atoms with van der Waals surface area (Å²) < 4.78 is 10.4. The molecule has 23 heavy (non-hydrogen) atoms. The molecule has 1 aromatic carbocycles. The van der Waals surface area contributed by atoms with Crippen molar-refractivity contribution in [2.24, 2.45) is 0 Å². The van der Waals surface area contributed by atoms with Gasteiger partial charge < -0.3 is 20.1 Å². The van der Waals surface area contributed by atoms with Crippen LogP contribution < -0.4 is 15.4 Å². The minimum Gasteiger partial charge on any atom is -0.494 e. The number of amides is 2. The summed E-state index contributed by atoms with van der Waals surface area (Å²) in [5, 5.41) is 16.2. The van der Waals surface area contributed by atoms with Crippen molar-refractivity contribution in [3.05, 3.63) is 28.3 Å². The van der Waals surface area contributed by atoms with Crippen LogP contribution >= 0.6 is 0 Å². The monoisotopic (exact) mass is 325 g/mol. The number of rotatable bonds is 7. The topological polar surface area (TPSA) is 103 Å². The Labute approximate surface area is 135 Å². The first-order chi connectivity index (χ1) is 10.7. The molecule has 0 aliphatic heterocycles. The quantitative estimate of drug-likeness (QED) is 0.592. The SMILES string of the molecule is COc1cc([N+](=O)[O-])ccc1NC(=O)N[C@@H](C)CC(C)(C)OC. The van der Waals surface area contributed by atoms with E-state index in [1.807, 2.05) is 20.8 Å². The molecule has 1 aromatic rings. The average molecular weight is 325 g/mol. The van der Waals surface area contributed by atoms with Gasteiger partial charge in [0.15, 0.2) is 0 Å². The number of nitrogens with zero attached hydrogens (tertiary/aromatic N) is 1. The van der Waals surface area contributed by atoms with E-state index in [4.69, 9.17) is 9.47 Å². The third kappa shape index (κ3) is 5.74. The predicted octanol–water partition coefficient (Wildman–Crippen LogP) is 2.93. The minimum absolute atomic E-state index is 0.108. The fourth-order valence-corrected chi connectivity index (χ4v) is 2.15. The van der Waals surface area contributed by atoms with Gasteiger partial charge in [0.1, 0.15) is 5.75 Å². The zero-order valence-corrected chi connectivity index (χ0v) is 14.0. The van der Waals surface area contributed by atoms with Crippen molar-refractivity contribution in [1.82, 2.24) is 5.32 Å². The summed E-state index contributed by atoms with van der Waals surface area (Å²) >= 11 is 0. The fraction of sp³-hybridized carbons (Fsp3) is 0.533. The first kappa shape index (κ1) is 18.7. The molecular weight excluding hydrogens is 302 g/mol. The normalized spacial score (nSPS) is 12.4. The molecule has 1 atom stereocenters. The number of non-ortho nitro benzene ring substituents is 1. The van der Waals surface area contributed by atoms with E-state index >= 15 is 0 Å². The van der Waals surface area contributed by atoms with E-state index < -0.39 is 11.0 Å². The van der Waals surface area contributed by atoms with Gasteiger partial charge in [-0.05, 0) is 33.3 Å². The number of carbonyl (C=O) groups is 1. The van der Waals surface area contributed by atoms with E-state index in [2.05, 4.69) is 10.6 Å². The van der Waals surface area contributed by atoms with Crippen LogP contribution in [0.1, 0.15) is 27.2 Å². The maximum absolute atomic E-state index is 12.0. The highest BCUT2D eigenvalue weighted by atomic mass is 16.6. The van der Waals surface area contributed by atoms with Crippen LogP contribution in [0.15, 0.2) is 18.2 Å². The van der Waals surface area contributed by atoms with Crippen LogP contribution in [0, 0.1) is 10.1 Å². The molecule has 0 aromatic heterocycles. The van der Waals surface area contributed by atoms with Gasteiger partial charge in [-0.3, -0.25) is 10.1 Å². The van der Waals surface area contributed by atoms with Gasteiger partial charge in [-0.1, -0.05) is 0 Å². The summed E-state index contributed by atoms with van der Waals surface area (Å²) in [6.07, 6.45) is 0.633. The van der Waals surface area contributed by atoms with E-state index in [9.17, 15) is 14.9 Å². The number of ether oxygens (including phenoxy) is 2. The van der Waals surface area contributed by atoms with Gasteiger partial charge in [0.2, 0.25) is 0 Å². The zero-order chi connectivity index (χ0) is 17.6. The Hall–Kier alpha value is -2.35. The summed E-state index contributed by atoms with van der Waals surface area (Å²) in [6.45, 7) is 5.73. The second-order valence-corrected chi connectivity index (χ2v) is 5.81. The largest absolute Gasteiger partial charge is 0.494 e. The van der Waals surface area contributed by atoms with Gasteiger partial charge in [-0.25, -0.2) is 4.79 Å². The number of benzene rings is 1. The Bertz CT molecular complexity index is 574. The Kier molecular flexibility index (Phi) is 6.32. The Balaban J connectivity index is 2.72. The fourth-order valence-electron chi connectivity index (χ4n) is 2.15. The summed E-state index contributed by atoms with van der Waals surface area (Å²) in [5.74, 6) is 0.222. The van der Waals surface area contributed by atoms with Crippen LogP contribution in [-0.4, -0.2) is 36.8 Å². The maximum Gasteiger partial charge on any atom is 0.319 e. The number of hydrogen-bond donors (Lipinski definition) is 2. The number of anilines is 1. The van der Waals surface area contributed by atoms with Gasteiger partial charge in [0, 0.05) is 19.2 Å². The molecule has 0 saturated heterocycles. The number of carbonyl (C=O) groups excluding carboxylic acids is 1. The molecule has 0 aliphatic carbocycles. The maximum atomic E-state index is 12.0. The lowest BCUT2D eigenvalue weighted by atomic mass is 10.00. The zero-order valence-electron chi connectivity index (χ0n) is 14.0. The molecule has 2 N–H and O–H groups in total. The molecule has 0 heterocycles. The van der Waals surface area contributed by atoms with Crippen LogP contribution in [0.2, 0.25) is 0 Å². The van der Waals surface area contributed by atoms with Crippen molar-refractivity contribution < 1.29 is 19.2 Å². The smallest absolute Gasteiger partial charge is 0.319 e. The Morgan fingerprint density at radius 3 is 2.57 bits per heavy atom. The minimum atomic E-state index is -0.527. The summed E-state index contributed by atoms with van der Waals surface area (Å²) in [4.78, 5) is 22.3. The molecule has 0 bridgehead atoms. The summed E-state index contributed by atoms with van der Waals surface area (Å²) in [6, 6.07) is 3.45. The molecule has 0 fully saturated rings. The number of nitro benzene ring substituents is 1. The van der Waals surface area contributed by atoms with E-state index in [-0.39, 0.29) is 23.1 Å². The van der Waals surface area contributed by atoms with Crippen molar-refractivity contribution in [2.75, 3.05) is 19.5 Å². The Morgan fingerprint density at radius 2 is 2.04 bits per heavy atom. The van der Waals surface area contributed by atoms with E-state index in [0.717, 1.165) is 0 Å². The van der Waals surface area contributed by atoms with Gasteiger partial charge >= 0.3 is 6.03 Å². The van der Waals surface area contributed by atoms with Gasteiger partial charge in [0.05, 0.1) is 29.4 Å². The molecule has 0 saturated carbocycles. The van der Waals surface area contributed by atoms with E-state index in [1.54, 1.807) is 7.11 Å². The molecule has 0 unspecified atom stereocenters. The molecule has 0 aliphatic rings. The molecule has 128 valence electrons. The lowest BCUT2D eigenvalue weighted by Crippen LogP contribution is -2.41. The Morgan fingerprint density at radius 1 is 1.39 bits per heavy atom. The third-order valence-corrected chi connectivity index (χ3v) is 3.37. The van der Waals surface area contributed by atoms with Crippen LogP contribution in [-0.2, 0) is 4.74 Å². The van der Waals surface area contributed by atoms with Crippen LogP contribution in [0.5, 0.6) is 5.75 Å². The predicted molar refractivity (Wildman–Crippen MR) is 87.0 cm³/mol. The molecule has 2 amide bonds. The lowest BCUT2D eigenvalue weighted by molar-refractivity contribution is -0.384. The van der Waals surface area contributed by atoms with Crippen molar-refractivity contribution in [3.8, 4) is 5.75 Å². The third-order valence-electron chi connectivity index (χ3n) is 3.37. The van der Waals surface area contributed by atoms with Crippen LogP contribution in [0.4, 0.5) is 16.2 Å².